The van der Waals surface area contributed by atoms with Gasteiger partial charge in [0.15, 0.2) is 11.6 Å². The fourth-order valence-electron chi connectivity index (χ4n) is 1.78. The molecule has 0 saturated carbocycles. The van der Waals surface area contributed by atoms with Gasteiger partial charge in [0, 0.05) is 30.1 Å². The molecule has 0 aliphatic carbocycles. The lowest BCUT2D eigenvalue weighted by molar-refractivity contribution is 0.108. The number of nitrogens with one attached hydrogen (secondary N) is 1. The molecule has 0 spiro atoms. The molecule has 2 aromatic rings. The predicted molar refractivity (Wildman–Crippen MR) is 63.8 cm³/mol. The molecule has 86 valence electrons. The molecule has 6 heteroatoms. The number of hydrogen-bond acceptors (Lipinski definition) is 5. The summed E-state index contributed by atoms with van der Waals surface area (Å²) in [6.07, 6.45) is 4.19. The summed E-state index contributed by atoms with van der Waals surface area (Å²) in [5.41, 5.74) is 2.06. The summed E-state index contributed by atoms with van der Waals surface area (Å²) >= 11 is 5.26. The highest BCUT2D eigenvalue weighted by atomic mass is 32.1. The van der Waals surface area contributed by atoms with Crippen molar-refractivity contribution < 1.29 is 4.74 Å². The summed E-state index contributed by atoms with van der Waals surface area (Å²) in [4.78, 5) is 15.9. The molecule has 0 unspecified atom stereocenters. The van der Waals surface area contributed by atoms with Crippen molar-refractivity contribution in [2.24, 2.45) is 0 Å². The Morgan fingerprint density at radius 1 is 1.29 bits per heavy atom. The molecule has 3 rings (SSSR count). The highest BCUT2D eigenvalue weighted by Gasteiger charge is 2.14. The minimum Gasteiger partial charge on any atom is -0.376 e. The summed E-state index contributed by atoms with van der Waals surface area (Å²) in [6, 6.07) is 1.77. The first-order valence-electron chi connectivity index (χ1n) is 5.32. The Bertz CT molecular complexity index is 596. The number of aromatic amines is 1. The van der Waals surface area contributed by atoms with Gasteiger partial charge in [-0.1, -0.05) is 12.2 Å². The molecule has 3 heterocycles. The molecule has 17 heavy (non-hydrogen) atoms. The molecule has 5 nitrogen and oxygen atoms in total. The predicted octanol–water partition coefficient (Wildman–Crippen LogP) is 1.67. The lowest BCUT2D eigenvalue weighted by atomic mass is 10.1. The van der Waals surface area contributed by atoms with Gasteiger partial charge in [-0.2, -0.15) is 0 Å². The van der Waals surface area contributed by atoms with E-state index in [9.17, 15) is 0 Å². The quantitative estimate of drug-likeness (QED) is 0.775. The Balaban J connectivity index is 2.14. The van der Waals surface area contributed by atoms with Crippen LogP contribution in [0.25, 0.3) is 11.6 Å². The monoisotopic (exact) mass is 246 g/mol. The number of aromatic nitrogens is 4. The number of hydrogen-bond donors (Lipinski definition) is 1. The van der Waals surface area contributed by atoms with Crippen molar-refractivity contribution in [3.05, 3.63) is 34.4 Å². The maximum atomic E-state index is 5.36. The van der Waals surface area contributed by atoms with Gasteiger partial charge in [-0.05, 0) is 6.07 Å². The lowest BCUT2D eigenvalue weighted by Gasteiger charge is -2.16. The lowest BCUT2D eigenvalue weighted by Crippen LogP contribution is -2.14. The molecule has 1 aliphatic heterocycles. The number of H-pyrrole nitrogens is 1. The number of nitrogens with zero attached hydrogens (tertiary/aromatic N) is 3. The zero-order valence-electron chi connectivity index (χ0n) is 9.01. The number of rotatable bonds is 1. The Labute approximate surface area is 103 Å². The second-order valence-corrected chi connectivity index (χ2v) is 4.11. The van der Waals surface area contributed by atoms with Crippen LogP contribution in [0.4, 0.5) is 0 Å². The highest BCUT2D eigenvalue weighted by molar-refractivity contribution is 7.71. The zero-order valence-corrected chi connectivity index (χ0v) is 9.83. The smallest absolute Gasteiger partial charge is 0.195 e. The Morgan fingerprint density at radius 2 is 2.12 bits per heavy atom. The summed E-state index contributed by atoms with van der Waals surface area (Å²) in [5.74, 6) is 1.18. The summed E-state index contributed by atoms with van der Waals surface area (Å²) in [6.45, 7) is 1.24. The number of fused-ring (bicyclic) bond motifs is 1. The van der Waals surface area contributed by atoms with Crippen molar-refractivity contribution in [3.63, 3.8) is 0 Å². The number of ether oxygens (including phenoxy) is 1. The van der Waals surface area contributed by atoms with E-state index in [1.54, 1.807) is 18.5 Å². The van der Waals surface area contributed by atoms with E-state index in [0.29, 0.717) is 29.5 Å². The van der Waals surface area contributed by atoms with E-state index >= 15 is 0 Å². The minimum atomic E-state index is 0.535. The molecular formula is C11H10N4OS. The van der Waals surface area contributed by atoms with Crippen LogP contribution in [0.2, 0.25) is 0 Å². The fourth-order valence-corrected chi connectivity index (χ4v) is 2.06. The molecule has 0 saturated heterocycles. The van der Waals surface area contributed by atoms with Gasteiger partial charge in [0.05, 0.1) is 13.2 Å². The Hall–Kier alpha value is -1.66. The van der Waals surface area contributed by atoms with Gasteiger partial charge in [-0.25, -0.2) is 15.0 Å². The molecular weight excluding hydrogens is 236 g/mol. The second-order valence-electron chi connectivity index (χ2n) is 3.72. The van der Waals surface area contributed by atoms with Crippen LogP contribution in [0.15, 0.2) is 18.5 Å². The van der Waals surface area contributed by atoms with E-state index < -0.39 is 0 Å². The molecule has 0 bridgehead atoms. The van der Waals surface area contributed by atoms with Gasteiger partial charge >= 0.3 is 0 Å². The van der Waals surface area contributed by atoms with Crippen molar-refractivity contribution in [2.45, 2.75) is 13.0 Å². The third-order valence-corrected chi connectivity index (χ3v) is 2.96. The summed E-state index contributed by atoms with van der Waals surface area (Å²) in [5, 5.41) is 0. The third kappa shape index (κ3) is 1.96. The van der Waals surface area contributed by atoms with Crippen LogP contribution in [0, 0.1) is 4.64 Å². The van der Waals surface area contributed by atoms with Gasteiger partial charge in [0.2, 0.25) is 0 Å². The zero-order chi connectivity index (χ0) is 11.7. The Kier molecular flexibility index (Phi) is 2.66. The molecule has 1 aliphatic rings. The van der Waals surface area contributed by atoms with Crippen molar-refractivity contribution in [1.82, 2.24) is 19.9 Å². The van der Waals surface area contributed by atoms with Gasteiger partial charge in [0.25, 0.3) is 0 Å². The second kappa shape index (κ2) is 4.31. The van der Waals surface area contributed by atoms with Crippen LogP contribution in [0.3, 0.4) is 0 Å². The first kappa shape index (κ1) is 10.5. The highest BCUT2D eigenvalue weighted by Crippen LogP contribution is 2.18. The Morgan fingerprint density at radius 3 is 2.94 bits per heavy atom. The normalized spacial score (nSPS) is 14.4. The largest absolute Gasteiger partial charge is 0.376 e. The van der Waals surface area contributed by atoms with Crippen LogP contribution in [-0.4, -0.2) is 26.5 Å². The van der Waals surface area contributed by atoms with Crippen LogP contribution in [0.1, 0.15) is 11.3 Å². The van der Waals surface area contributed by atoms with E-state index in [2.05, 4.69) is 19.9 Å². The third-order valence-electron chi connectivity index (χ3n) is 2.63. The topological polar surface area (TPSA) is 63.7 Å². The molecule has 0 atom stereocenters. The molecule has 0 amide bonds. The van der Waals surface area contributed by atoms with Gasteiger partial charge in [-0.15, -0.1) is 0 Å². The first-order chi connectivity index (χ1) is 8.34. The van der Waals surface area contributed by atoms with E-state index in [1.807, 2.05) is 0 Å². The maximum absolute atomic E-state index is 5.36. The van der Waals surface area contributed by atoms with Gasteiger partial charge in [0.1, 0.15) is 4.64 Å². The summed E-state index contributed by atoms with van der Waals surface area (Å²) < 4.78 is 5.93. The fraction of sp³-hybridized carbons (Fsp3) is 0.273. The molecule has 0 aromatic carbocycles. The minimum absolute atomic E-state index is 0.535. The van der Waals surface area contributed by atoms with Crippen molar-refractivity contribution in [1.29, 1.82) is 0 Å². The molecule has 0 fully saturated rings. The van der Waals surface area contributed by atoms with Crippen molar-refractivity contribution in [3.8, 4) is 11.6 Å². The van der Waals surface area contributed by atoms with Crippen molar-refractivity contribution >= 4 is 12.2 Å². The van der Waals surface area contributed by atoms with Crippen LogP contribution in [0.5, 0.6) is 0 Å². The van der Waals surface area contributed by atoms with E-state index in [1.165, 1.54) is 0 Å². The van der Waals surface area contributed by atoms with E-state index in [-0.39, 0.29) is 0 Å². The van der Waals surface area contributed by atoms with Gasteiger partial charge < -0.3 is 9.72 Å². The first-order valence-corrected chi connectivity index (χ1v) is 5.72. The molecule has 2 aromatic heterocycles. The average molecular weight is 246 g/mol. The van der Waals surface area contributed by atoms with Crippen LogP contribution >= 0.6 is 12.2 Å². The summed E-state index contributed by atoms with van der Waals surface area (Å²) in [7, 11) is 0. The van der Waals surface area contributed by atoms with Crippen molar-refractivity contribution in [2.75, 3.05) is 6.61 Å². The molecule has 1 N–H and O–H groups in total. The maximum Gasteiger partial charge on any atom is 0.195 e. The van der Waals surface area contributed by atoms with E-state index in [0.717, 1.165) is 17.7 Å². The van der Waals surface area contributed by atoms with E-state index in [4.69, 9.17) is 17.0 Å². The standard InChI is InChI=1S/C11H10N4OS/c17-11-7-6-16-5-2-8(7)14-10(15-11)9-12-3-1-4-13-9/h1,3-4H,2,5-6H2,(H,14,15,17). The van der Waals surface area contributed by atoms with Gasteiger partial charge in [-0.3, -0.25) is 0 Å². The molecule has 0 radical (unpaired) electrons. The SMILES string of the molecule is S=c1nc(-c2ncccn2)[nH]c2c1COCC2. The average Bonchev–Trinajstić information content (AvgIpc) is 2.40. The van der Waals surface area contributed by atoms with Crippen LogP contribution in [-0.2, 0) is 17.8 Å². The van der Waals surface area contributed by atoms with Crippen LogP contribution < -0.4 is 0 Å².